The largest absolute Gasteiger partial charge is 0.398 e. The molecule has 1 amide bonds. The van der Waals surface area contributed by atoms with Gasteiger partial charge in [-0.2, -0.15) is 0 Å². The molecule has 1 aromatic rings. The molecule has 0 saturated heterocycles. The van der Waals surface area contributed by atoms with E-state index in [1.807, 2.05) is 13.0 Å². The van der Waals surface area contributed by atoms with Gasteiger partial charge in [0.05, 0.1) is 5.56 Å². The fraction of sp³-hybridized carbons (Fsp3) is 0.125. The van der Waals surface area contributed by atoms with Gasteiger partial charge in [0.15, 0.2) is 0 Å². The lowest BCUT2D eigenvalue weighted by molar-refractivity contribution is 0.100. The minimum atomic E-state index is -0.480. The first-order chi connectivity index (χ1) is 5.13. The van der Waals surface area contributed by atoms with Crippen LogP contribution < -0.4 is 11.5 Å². The number of benzene rings is 1. The van der Waals surface area contributed by atoms with E-state index in [1.54, 1.807) is 12.1 Å². The predicted molar refractivity (Wildman–Crippen MR) is 44.1 cm³/mol. The third-order valence-electron chi connectivity index (χ3n) is 1.59. The summed E-state index contributed by atoms with van der Waals surface area (Å²) < 4.78 is 0. The monoisotopic (exact) mass is 150 g/mol. The molecule has 0 heterocycles. The minimum absolute atomic E-state index is 0.394. The van der Waals surface area contributed by atoms with Gasteiger partial charge in [0, 0.05) is 5.69 Å². The number of para-hydroxylation sites is 1. The smallest absolute Gasteiger partial charge is 0.250 e. The normalized spacial score (nSPS) is 9.55. The number of carbonyl (C=O) groups is 1. The average molecular weight is 150 g/mol. The topological polar surface area (TPSA) is 69.1 Å². The van der Waals surface area contributed by atoms with Crippen molar-refractivity contribution in [3.05, 3.63) is 29.3 Å². The number of aryl methyl sites for hydroxylation is 1. The van der Waals surface area contributed by atoms with Crippen LogP contribution in [0.3, 0.4) is 0 Å². The van der Waals surface area contributed by atoms with E-state index in [0.29, 0.717) is 11.3 Å². The van der Waals surface area contributed by atoms with E-state index in [4.69, 9.17) is 11.5 Å². The zero-order chi connectivity index (χ0) is 8.43. The van der Waals surface area contributed by atoms with Crippen LogP contribution in [0.5, 0.6) is 0 Å². The summed E-state index contributed by atoms with van der Waals surface area (Å²) in [6, 6.07) is 5.21. The average Bonchev–Trinajstić information content (AvgIpc) is 1.94. The lowest BCUT2D eigenvalue weighted by Gasteiger charge is -2.02. The van der Waals surface area contributed by atoms with Gasteiger partial charge in [0.2, 0.25) is 0 Å². The Hall–Kier alpha value is -1.51. The van der Waals surface area contributed by atoms with Crippen molar-refractivity contribution in [3.8, 4) is 0 Å². The maximum absolute atomic E-state index is 10.7. The van der Waals surface area contributed by atoms with E-state index < -0.39 is 5.91 Å². The summed E-state index contributed by atoms with van der Waals surface area (Å²) in [6.07, 6.45) is 0. The van der Waals surface area contributed by atoms with Crippen LogP contribution in [0.15, 0.2) is 18.2 Å². The zero-order valence-electron chi connectivity index (χ0n) is 6.29. The predicted octanol–water partition coefficient (Wildman–Crippen LogP) is 0.676. The van der Waals surface area contributed by atoms with E-state index in [0.717, 1.165) is 5.56 Å². The Morgan fingerprint density at radius 2 is 2.09 bits per heavy atom. The summed E-state index contributed by atoms with van der Waals surface area (Å²) in [6.45, 7) is 1.84. The second-order valence-electron chi connectivity index (χ2n) is 2.40. The van der Waals surface area contributed by atoms with Crippen LogP contribution in [0.25, 0.3) is 0 Å². The van der Waals surface area contributed by atoms with Crippen LogP contribution in [-0.2, 0) is 0 Å². The van der Waals surface area contributed by atoms with Gasteiger partial charge in [-0.1, -0.05) is 12.1 Å². The summed E-state index contributed by atoms with van der Waals surface area (Å²) in [5, 5.41) is 0. The number of anilines is 1. The van der Waals surface area contributed by atoms with Gasteiger partial charge in [-0.15, -0.1) is 0 Å². The van der Waals surface area contributed by atoms with Crippen LogP contribution >= 0.6 is 0 Å². The van der Waals surface area contributed by atoms with E-state index in [2.05, 4.69) is 0 Å². The molecule has 4 N–H and O–H groups in total. The Morgan fingerprint density at radius 1 is 1.45 bits per heavy atom. The van der Waals surface area contributed by atoms with Crippen molar-refractivity contribution in [1.82, 2.24) is 0 Å². The molecule has 0 unspecified atom stereocenters. The van der Waals surface area contributed by atoms with Crippen LogP contribution in [-0.4, -0.2) is 5.91 Å². The molecule has 58 valence electrons. The Bertz CT molecular complexity index is 294. The molecule has 0 aliphatic heterocycles. The fourth-order valence-corrected chi connectivity index (χ4v) is 0.896. The molecule has 3 nitrogen and oxygen atoms in total. The van der Waals surface area contributed by atoms with Crippen LogP contribution in [0.2, 0.25) is 0 Å². The zero-order valence-corrected chi connectivity index (χ0v) is 6.29. The number of amides is 1. The number of hydrogen-bond acceptors (Lipinski definition) is 2. The van der Waals surface area contributed by atoms with Crippen LogP contribution in [0.1, 0.15) is 15.9 Å². The van der Waals surface area contributed by atoms with Crippen molar-refractivity contribution in [2.45, 2.75) is 6.92 Å². The standard InChI is InChI=1S/C8H10N2O/c1-5-3-2-4-6(7(5)9)8(10)11/h2-4H,9H2,1H3,(H2,10,11). The van der Waals surface area contributed by atoms with Crippen molar-refractivity contribution in [2.75, 3.05) is 5.73 Å². The molecule has 0 bridgehead atoms. The highest BCUT2D eigenvalue weighted by atomic mass is 16.1. The van der Waals surface area contributed by atoms with Gasteiger partial charge in [-0.25, -0.2) is 0 Å². The molecule has 0 atom stereocenters. The summed E-state index contributed by atoms with van der Waals surface area (Å²) in [7, 11) is 0. The second-order valence-corrected chi connectivity index (χ2v) is 2.40. The molecule has 11 heavy (non-hydrogen) atoms. The van der Waals surface area contributed by atoms with Crippen molar-refractivity contribution in [2.24, 2.45) is 5.73 Å². The number of nitrogen functional groups attached to an aromatic ring is 1. The number of rotatable bonds is 1. The molecule has 0 aliphatic carbocycles. The van der Waals surface area contributed by atoms with Crippen molar-refractivity contribution in [3.63, 3.8) is 0 Å². The molecule has 0 aliphatic rings. The summed E-state index contributed by atoms with van der Waals surface area (Å²) >= 11 is 0. The molecule has 0 spiro atoms. The summed E-state index contributed by atoms with van der Waals surface area (Å²) in [5.41, 5.74) is 12.4. The SMILES string of the molecule is Cc1cccc(C(N)=O)c1N. The van der Waals surface area contributed by atoms with Gasteiger partial charge < -0.3 is 11.5 Å². The first-order valence-electron chi connectivity index (χ1n) is 3.28. The number of nitrogens with two attached hydrogens (primary N) is 2. The number of carbonyl (C=O) groups excluding carboxylic acids is 1. The Balaban J connectivity index is 3.27. The maximum Gasteiger partial charge on any atom is 0.250 e. The van der Waals surface area contributed by atoms with Gasteiger partial charge in [-0.3, -0.25) is 4.79 Å². The van der Waals surface area contributed by atoms with Crippen LogP contribution in [0, 0.1) is 6.92 Å². The molecular formula is C8H10N2O. The summed E-state index contributed by atoms with van der Waals surface area (Å²) in [4.78, 5) is 10.7. The van der Waals surface area contributed by atoms with E-state index in [9.17, 15) is 4.79 Å². The van der Waals surface area contributed by atoms with Gasteiger partial charge in [0.1, 0.15) is 0 Å². The first kappa shape index (κ1) is 7.60. The van der Waals surface area contributed by atoms with E-state index in [1.165, 1.54) is 0 Å². The van der Waals surface area contributed by atoms with Crippen molar-refractivity contribution < 1.29 is 4.79 Å². The molecule has 0 saturated carbocycles. The molecular weight excluding hydrogens is 140 g/mol. The second kappa shape index (κ2) is 2.62. The van der Waals surface area contributed by atoms with Crippen LogP contribution in [0.4, 0.5) is 5.69 Å². The molecule has 3 heteroatoms. The third kappa shape index (κ3) is 1.32. The molecule has 1 aromatic carbocycles. The quantitative estimate of drug-likeness (QED) is 0.578. The lowest BCUT2D eigenvalue weighted by Crippen LogP contribution is -2.13. The minimum Gasteiger partial charge on any atom is -0.398 e. The Labute approximate surface area is 65.0 Å². The number of primary amides is 1. The molecule has 0 fully saturated rings. The summed E-state index contributed by atoms with van der Waals surface area (Å²) in [5.74, 6) is -0.480. The molecule has 0 aromatic heterocycles. The maximum atomic E-state index is 10.7. The molecule has 1 rings (SSSR count). The van der Waals surface area contributed by atoms with Crippen molar-refractivity contribution >= 4 is 11.6 Å². The number of hydrogen-bond donors (Lipinski definition) is 2. The van der Waals surface area contributed by atoms with Gasteiger partial charge in [-0.05, 0) is 18.6 Å². The highest BCUT2D eigenvalue weighted by Crippen LogP contribution is 2.14. The highest BCUT2D eigenvalue weighted by molar-refractivity contribution is 5.98. The van der Waals surface area contributed by atoms with Gasteiger partial charge >= 0.3 is 0 Å². The van der Waals surface area contributed by atoms with Crippen molar-refractivity contribution in [1.29, 1.82) is 0 Å². The first-order valence-corrected chi connectivity index (χ1v) is 3.28. The third-order valence-corrected chi connectivity index (χ3v) is 1.59. The highest BCUT2D eigenvalue weighted by Gasteiger charge is 2.05. The fourth-order valence-electron chi connectivity index (χ4n) is 0.896. The van der Waals surface area contributed by atoms with Gasteiger partial charge in [0.25, 0.3) is 5.91 Å². The molecule has 0 radical (unpaired) electrons. The van der Waals surface area contributed by atoms with E-state index >= 15 is 0 Å². The Kier molecular flexibility index (Phi) is 1.81. The van der Waals surface area contributed by atoms with E-state index in [-0.39, 0.29) is 0 Å². The Morgan fingerprint density at radius 3 is 2.55 bits per heavy atom. The lowest BCUT2D eigenvalue weighted by atomic mass is 10.1.